The monoisotopic (exact) mass is 360 g/mol. The van der Waals surface area contributed by atoms with Gasteiger partial charge in [-0.15, -0.1) is 0 Å². The molecule has 4 rings (SSSR count). The Labute approximate surface area is 159 Å². The van der Waals surface area contributed by atoms with E-state index in [2.05, 4.69) is 22.3 Å². The lowest BCUT2D eigenvalue weighted by Crippen LogP contribution is -2.21. The van der Waals surface area contributed by atoms with Crippen LogP contribution in [0.15, 0.2) is 66.7 Å². The third-order valence-electron chi connectivity index (χ3n) is 4.91. The van der Waals surface area contributed by atoms with E-state index in [0.717, 1.165) is 36.1 Å². The topological polar surface area (TPSA) is 41.6 Å². The smallest absolute Gasteiger partial charge is 0.262 e. The van der Waals surface area contributed by atoms with Gasteiger partial charge in [-0.05, 0) is 66.5 Å². The van der Waals surface area contributed by atoms with Crippen LogP contribution in [0.1, 0.15) is 18.4 Å². The number of fused-ring (bicyclic) bond motifs is 1. The molecule has 0 unspecified atom stereocenters. The lowest BCUT2D eigenvalue weighted by molar-refractivity contribution is -0.118. The van der Waals surface area contributed by atoms with E-state index in [1.807, 2.05) is 54.6 Å². The van der Waals surface area contributed by atoms with E-state index < -0.39 is 0 Å². The van der Waals surface area contributed by atoms with Crippen molar-refractivity contribution < 1.29 is 9.53 Å². The van der Waals surface area contributed by atoms with Gasteiger partial charge in [-0.1, -0.05) is 42.5 Å². The first kappa shape index (κ1) is 17.6. The van der Waals surface area contributed by atoms with Gasteiger partial charge in [0.1, 0.15) is 5.75 Å². The summed E-state index contributed by atoms with van der Waals surface area (Å²) < 4.78 is 5.67. The molecule has 0 atom stereocenters. The Morgan fingerprint density at radius 2 is 1.74 bits per heavy atom. The van der Waals surface area contributed by atoms with Crippen LogP contribution < -0.4 is 10.1 Å². The molecular weight excluding hydrogens is 336 g/mol. The maximum atomic E-state index is 12.3. The molecule has 1 heterocycles. The summed E-state index contributed by atoms with van der Waals surface area (Å²) in [6.07, 6.45) is 2.56. The van der Waals surface area contributed by atoms with Gasteiger partial charge >= 0.3 is 0 Å². The predicted octanol–water partition coefficient (Wildman–Crippen LogP) is 4.45. The summed E-state index contributed by atoms with van der Waals surface area (Å²) in [4.78, 5) is 14.7. The molecule has 0 saturated carbocycles. The fraction of sp³-hybridized carbons (Fsp3) is 0.261. The Balaban J connectivity index is 1.33. The molecule has 1 aliphatic rings. The van der Waals surface area contributed by atoms with Gasteiger partial charge in [0, 0.05) is 12.2 Å². The van der Waals surface area contributed by atoms with Crippen LogP contribution in [-0.2, 0) is 11.3 Å². The fourth-order valence-corrected chi connectivity index (χ4v) is 3.55. The molecule has 0 bridgehead atoms. The zero-order valence-electron chi connectivity index (χ0n) is 15.4. The number of carbonyl (C=O) groups is 1. The van der Waals surface area contributed by atoms with Crippen molar-refractivity contribution >= 4 is 22.4 Å². The van der Waals surface area contributed by atoms with Gasteiger partial charge in [0.05, 0.1) is 0 Å². The van der Waals surface area contributed by atoms with Crippen molar-refractivity contribution in [1.82, 2.24) is 4.90 Å². The Morgan fingerprint density at radius 1 is 0.926 bits per heavy atom. The van der Waals surface area contributed by atoms with Crippen LogP contribution in [0.5, 0.6) is 5.75 Å². The average Bonchev–Trinajstić information content (AvgIpc) is 3.19. The molecule has 138 valence electrons. The van der Waals surface area contributed by atoms with E-state index in [4.69, 9.17) is 4.74 Å². The summed E-state index contributed by atoms with van der Waals surface area (Å²) in [6.45, 7) is 3.26. The molecule has 3 aromatic carbocycles. The van der Waals surface area contributed by atoms with Crippen molar-refractivity contribution in [2.24, 2.45) is 0 Å². The van der Waals surface area contributed by atoms with Gasteiger partial charge in [-0.3, -0.25) is 9.69 Å². The minimum absolute atomic E-state index is 0.00527. The van der Waals surface area contributed by atoms with E-state index in [1.54, 1.807) is 0 Å². The molecule has 3 aromatic rings. The van der Waals surface area contributed by atoms with E-state index >= 15 is 0 Å². The second-order valence-corrected chi connectivity index (χ2v) is 7.03. The maximum Gasteiger partial charge on any atom is 0.262 e. The van der Waals surface area contributed by atoms with Crippen LogP contribution in [0.2, 0.25) is 0 Å². The number of likely N-dealkylation sites (tertiary alicyclic amines) is 1. The largest absolute Gasteiger partial charge is 0.484 e. The molecule has 1 N–H and O–H groups in total. The van der Waals surface area contributed by atoms with Gasteiger partial charge < -0.3 is 10.1 Å². The van der Waals surface area contributed by atoms with Crippen molar-refractivity contribution in [2.75, 3.05) is 25.0 Å². The molecule has 4 heteroatoms. The summed E-state index contributed by atoms with van der Waals surface area (Å²) in [6, 6.07) is 22.0. The minimum Gasteiger partial charge on any atom is -0.484 e. The summed E-state index contributed by atoms with van der Waals surface area (Å²) in [7, 11) is 0. The average molecular weight is 360 g/mol. The number of hydrogen-bond donors (Lipinski definition) is 1. The number of rotatable bonds is 6. The molecule has 0 aliphatic carbocycles. The molecule has 1 amide bonds. The van der Waals surface area contributed by atoms with Gasteiger partial charge in [-0.25, -0.2) is 0 Å². The molecule has 1 fully saturated rings. The molecular formula is C23H24N2O2. The molecule has 1 aliphatic heterocycles. The number of amides is 1. The quantitative estimate of drug-likeness (QED) is 0.706. The lowest BCUT2D eigenvalue weighted by Gasteiger charge is -2.15. The first-order valence-electron chi connectivity index (χ1n) is 9.49. The normalized spacial score (nSPS) is 14.4. The Kier molecular flexibility index (Phi) is 5.35. The number of nitrogens with zero attached hydrogens (tertiary/aromatic N) is 1. The standard InChI is InChI=1S/C23H24N2O2/c26-23(17-27-22-11-10-19-7-1-2-8-20(19)15-22)24-21-9-5-6-18(14-21)16-25-12-3-4-13-25/h1-2,5-11,14-15H,3-4,12-13,16-17H2,(H,24,26). The number of nitrogens with one attached hydrogen (secondary N) is 1. The third kappa shape index (κ3) is 4.66. The van der Waals surface area contributed by atoms with Crippen molar-refractivity contribution in [2.45, 2.75) is 19.4 Å². The van der Waals surface area contributed by atoms with E-state index in [0.29, 0.717) is 5.75 Å². The first-order valence-corrected chi connectivity index (χ1v) is 9.49. The summed E-state index contributed by atoms with van der Waals surface area (Å²) in [5.74, 6) is 0.549. The van der Waals surface area contributed by atoms with Gasteiger partial charge in [0.25, 0.3) is 5.91 Å². The van der Waals surface area contributed by atoms with E-state index in [1.165, 1.54) is 18.4 Å². The molecule has 0 aromatic heterocycles. The number of ether oxygens (including phenoxy) is 1. The van der Waals surface area contributed by atoms with Gasteiger partial charge in [0.2, 0.25) is 0 Å². The van der Waals surface area contributed by atoms with Crippen LogP contribution in [0.4, 0.5) is 5.69 Å². The Morgan fingerprint density at radius 3 is 2.59 bits per heavy atom. The lowest BCUT2D eigenvalue weighted by atomic mass is 10.1. The number of benzene rings is 3. The summed E-state index contributed by atoms with van der Waals surface area (Å²) in [5.41, 5.74) is 2.05. The highest BCUT2D eigenvalue weighted by Crippen LogP contribution is 2.21. The van der Waals surface area contributed by atoms with Crippen LogP contribution in [0.25, 0.3) is 10.8 Å². The maximum absolute atomic E-state index is 12.3. The predicted molar refractivity (Wildman–Crippen MR) is 109 cm³/mol. The van der Waals surface area contributed by atoms with Crippen molar-refractivity contribution in [3.8, 4) is 5.75 Å². The highest BCUT2D eigenvalue weighted by molar-refractivity contribution is 5.92. The van der Waals surface area contributed by atoms with Crippen molar-refractivity contribution in [3.05, 3.63) is 72.3 Å². The Bertz CT molecular complexity index is 932. The third-order valence-corrected chi connectivity index (χ3v) is 4.91. The van der Waals surface area contributed by atoms with Gasteiger partial charge in [-0.2, -0.15) is 0 Å². The highest BCUT2D eigenvalue weighted by atomic mass is 16.5. The van der Waals surface area contributed by atoms with Gasteiger partial charge in [0.15, 0.2) is 6.61 Å². The van der Waals surface area contributed by atoms with Crippen LogP contribution in [-0.4, -0.2) is 30.5 Å². The highest BCUT2D eigenvalue weighted by Gasteiger charge is 2.12. The number of hydrogen-bond acceptors (Lipinski definition) is 3. The number of carbonyl (C=O) groups excluding carboxylic acids is 1. The zero-order chi connectivity index (χ0) is 18.5. The molecule has 0 radical (unpaired) electrons. The molecule has 4 nitrogen and oxygen atoms in total. The van der Waals surface area contributed by atoms with Crippen LogP contribution in [0.3, 0.4) is 0 Å². The molecule has 27 heavy (non-hydrogen) atoms. The van der Waals surface area contributed by atoms with Crippen LogP contribution >= 0.6 is 0 Å². The van der Waals surface area contributed by atoms with E-state index in [-0.39, 0.29) is 12.5 Å². The van der Waals surface area contributed by atoms with Crippen molar-refractivity contribution in [1.29, 1.82) is 0 Å². The second kappa shape index (κ2) is 8.23. The summed E-state index contributed by atoms with van der Waals surface area (Å²) >= 11 is 0. The first-order chi connectivity index (χ1) is 13.3. The molecule has 1 saturated heterocycles. The Hall–Kier alpha value is -2.85. The van der Waals surface area contributed by atoms with Crippen molar-refractivity contribution in [3.63, 3.8) is 0 Å². The minimum atomic E-state index is -0.151. The zero-order valence-corrected chi connectivity index (χ0v) is 15.4. The summed E-state index contributed by atoms with van der Waals surface area (Å²) in [5, 5.41) is 5.19. The van der Waals surface area contributed by atoms with Crippen LogP contribution in [0, 0.1) is 0 Å². The SMILES string of the molecule is O=C(COc1ccc2ccccc2c1)Nc1cccc(CN2CCCC2)c1. The second-order valence-electron chi connectivity index (χ2n) is 7.03. The fourth-order valence-electron chi connectivity index (χ4n) is 3.55. The number of anilines is 1. The molecule has 0 spiro atoms. The van der Waals surface area contributed by atoms with E-state index in [9.17, 15) is 4.79 Å².